The molecule has 1 aliphatic rings. The highest BCUT2D eigenvalue weighted by Crippen LogP contribution is 2.10. The van der Waals surface area contributed by atoms with E-state index in [-0.39, 0.29) is 12.6 Å². The van der Waals surface area contributed by atoms with Crippen molar-refractivity contribution in [2.45, 2.75) is 18.9 Å². The van der Waals surface area contributed by atoms with Crippen molar-refractivity contribution < 1.29 is 9.68 Å². The maximum absolute atomic E-state index is 8.94. The molecule has 0 radical (unpaired) electrons. The first-order valence-corrected chi connectivity index (χ1v) is 3.97. The van der Waals surface area contributed by atoms with E-state index < -0.39 is 0 Å². The predicted molar refractivity (Wildman–Crippen MR) is 43.5 cm³/mol. The molecule has 1 atom stereocenters. The van der Waals surface area contributed by atoms with Gasteiger partial charge in [0.15, 0.2) is 0 Å². The lowest BCUT2D eigenvalue weighted by molar-refractivity contribution is -0.549. The molecule has 1 rings (SSSR count). The summed E-state index contributed by atoms with van der Waals surface area (Å²) >= 11 is 0. The van der Waals surface area contributed by atoms with Crippen molar-refractivity contribution in [3.05, 3.63) is 0 Å². The lowest BCUT2D eigenvalue weighted by Crippen LogP contribution is -2.41. The quantitative estimate of drug-likeness (QED) is 0.328. The minimum absolute atomic E-state index is 0.197. The molecule has 0 aliphatic carbocycles. The summed E-state index contributed by atoms with van der Waals surface area (Å²) in [6, 6.07) is 0.224. The minimum Gasteiger partial charge on any atom is -0.393 e. The summed E-state index contributed by atoms with van der Waals surface area (Å²) in [5.41, 5.74) is 5.66. The van der Waals surface area contributed by atoms with Crippen molar-refractivity contribution in [1.82, 2.24) is 5.32 Å². The number of hydrogen-bond acceptors (Lipinski definition) is 1. The lowest BCUT2D eigenvalue weighted by Gasteiger charge is -2.09. The van der Waals surface area contributed by atoms with Crippen molar-refractivity contribution >= 4 is 5.96 Å². The van der Waals surface area contributed by atoms with Crippen LogP contribution in [-0.2, 0) is 0 Å². The van der Waals surface area contributed by atoms with Crippen molar-refractivity contribution in [2.75, 3.05) is 20.2 Å². The van der Waals surface area contributed by atoms with Gasteiger partial charge in [0, 0.05) is 0 Å². The Balaban J connectivity index is 2.69. The Morgan fingerprint density at radius 2 is 2.55 bits per heavy atom. The van der Waals surface area contributed by atoms with E-state index in [9.17, 15) is 0 Å². The maximum Gasteiger partial charge on any atom is 0.343 e. The molecule has 0 bridgehead atoms. The van der Waals surface area contributed by atoms with Crippen LogP contribution in [0.3, 0.4) is 0 Å². The van der Waals surface area contributed by atoms with Crippen molar-refractivity contribution in [1.29, 1.82) is 0 Å². The summed E-state index contributed by atoms with van der Waals surface area (Å²) < 4.78 is 2.01. The van der Waals surface area contributed by atoms with Crippen molar-refractivity contribution in [3.63, 3.8) is 0 Å². The highest BCUT2D eigenvalue weighted by atomic mass is 16.3. The zero-order valence-corrected chi connectivity index (χ0v) is 6.88. The first-order chi connectivity index (χ1) is 5.29. The zero-order valence-electron chi connectivity index (χ0n) is 6.88. The second kappa shape index (κ2) is 3.57. The molecule has 0 saturated carbocycles. The van der Waals surface area contributed by atoms with Crippen LogP contribution in [0.1, 0.15) is 12.8 Å². The van der Waals surface area contributed by atoms with Crippen LogP contribution in [0.5, 0.6) is 0 Å². The molecule has 0 amide bonds. The topological polar surface area (TPSA) is 61.3 Å². The highest BCUT2D eigenvalue weighted by Gasteiger charge is 2.24. The fourth-order valence-corrected chi connectivity index (χ4v) is 1.49. The highest BCUT2D eigenvalue weighted by molar-refractivity contribution is 5.72. The number of nitrogens with two attached hydrogens (primary N) is 1. The van der Waals surface area contributed by atoms with E-state index >= 15 is 0 Å². The second-order valence-electron chi connectivity index (χ2n) is 2.81. The second-order valence-corrected chi connectivity index (χ2v) is 2.81. The van der Waals surface area contributed by atoms with Gasteiger partial charge in [0.05, 0.1) is 20.2 Å². The summed E-state index contributed by atoms with van der Waals surface area (Å²) in [6.07, 6.45) is 2.16. The van der Waals surface area contributed by atoms with Gasteiger partial charge in [-0.15, -0.1) is 0 Å². The van der Waals surface area contributed by atoms with Gasteiger partial charge in [0.1, 0.15) is 6.04 Å². The Hall–Kier alpha value is -0.770. The van der Waals surface area contributed by atoms with Gasteiger partial charge in [0.25, 0.3) is 0 Å². The smallest absolute Gasteiger partial charge is 0.343 e. The SMILES string of the molecule is CNC(N)=[N+]1CCCC1CO. The zero-order chi connectivity index (χ0) is 8.27. The summed E-state index contributed by atoms with van der Waals surface area (Å²) in [6.45, 7) is 1.15. The first kappa shape index (κ1) is 8.33. The molecule has 1 heterocycles. The van der Waals surface area contributed by atoms with Gasteiger partial charge in [-0.3, -0.25) is 15.6 Å². The molecule has 0 spiro atoms. The third-order valence-corrected chi connectivity index (χ3v) is 2.15. The Morgan fingerprint density at radius 1 is 1.82 bits per heavy atom. The molecule has 0 aromatic carbocycles. The van der Waals surface area contributed by atoms with Crippen molar-refractivity contribution in [3.8, 4) is 0 Å². The Kier molecular flexibility index (Phi) is 2.70. The van der Waals surface area contributed by atoms with E-state index in [4.69, 9.17) is 10.8 Å². The molecule has 0 aromatic heterocycles. The van der Waals surface area contributed by atoms with Crippen LogP contribution in [0.15, 0.2) is 0 Å². The normalized spacial score (nSPS) is 28.7. The number of nitrogens with zero attached hydrogens (tertiary/aromatic N) is 1. The fourth-order valence-electron chi connectivity index (χ4n) is 1.49. The third-order valence-electron chi connectivity index (χ3n) is 2.15. The predicted octanol–water partition coefficient (Wildman–Crippen LogP) is -1.31. The molecule has 4 N–H and O–H groups in total. The number of guanidine groups is 1. The summed E-state index contributed by atoms with van der Waals surface area (Å²) in [5.74, 6) is 0.668. The molecule has 4 heteroatoms. The lowest BCUT2D eigenvalue weighted by atomic mass is 10.2. The van der Waals surface area contributed by atoms with E-state index in [1.807, 2.05) is 4.58 Å². The Labute approximate surface area is 66.7 Å². The largest absolute Gasteiger partial charge is 0.393 e. The van der Waals surface area contributed by atoms with E-state index in [1.165, 1.54) is 0 Å². The Bertz CT molecular complexity index is 167. The van der Waals surface area contributed by atoms with Crippen LogP contribution in [0.2, 0.25) is 0 Å². The van der Waals surface area contributed by atoms with Gasteiger partial charge in [-0.05, 0) is 12.8 Å². The van der Waals surface area contributed by atoms with Gasteiger partial charge in [-0.25, -0.2) is 0 Å². The van der Waals surface area contributed by atoms with Gasteiger partial charge in [-0.1, -0.05) is 0 Å². The van der Waals surface area contributed by atoms with Gasteiger partial charge in [0.2, 0.25) is 0 Å². The van der Waals surface area contributed by atoms with Crippen LogP contribution < -0.4 is 11.1 Å². The average Bonchev–Trinajstić information content (AvgIpc) is 2.50. The van der Waals surface area contributed by atoms with Gasteiger partial charge >= 0.3 is 5.96 Å². The first-order valence-electron chi connectivity index (χ1n) is 3.97. The van der Waals surface area contributed by atoms with Gasteiger partial charge < -0.3 is 5.11 Å². The molecular formula is C7H16N3O+. The van der Waals surface area contributed by atoms with Crippen molar-refractivity contribution in [2.24, 2.45) is 5.73 Å². The molecule has 1 fully saturated rings. The minimum atomic E-state index is 0.197. The average molecular weight is 158 g/mol. The molecular weight excluding hydrogens is 142 g/mol. The van der Waals surface area contributed by atoms with Crippen LogP contribution in [0.4, 0.5) is 0 Å². The number of aliphatic hydroxyl groups is 1. The standard InChI is InChI=1S/C7H15N3O/c1-9-7(8)10-4-2-3-6(10)5-11/h6,11H,2-5H2,1H3,(H2,8,9)/p+1. The van der Waals surface area contributed by atoms with E-state index in [1.54, 1.807) is 7.05 Å². The molecule has 1 aliphatic heterocycles. The number of aliphatic hydroxyl groups excluding tert-OH is 1. The molecule has 4 nitrogen and oxygen atoms in total. The monoisotopic (exact) mass is 158 g/mol. The van der Waals surface area contributed by atoms with Gasteiger partial charge in [-0.2, -0.15) is 0 Å². The summed E-state index contributed by atoms with van der Waals surface area (Å²) in [5, 5.41) is 11.8. The van der Waals surface area contributed by atoms with Crippen LogP contribution >= 0.6 is 0 Å². The van der Waals surface area contributed by atoms with E-state index in [2.05, 4.69) is 5.32 Å². The fraction of sp³-hybridized carbons (Fsp3) is 0.857. The summed E-state index contributed by atoms with van der Waals surface area (Å²) in [7, 11) is 1.79. The molecule has 1 saturated heterocycles. The molecule has 0 aromatic rings. The molecule has 11 heavy (non-hydrogen) atoms. The molecule has 64 valence electrons. The van der Waals surface area contributed by atoms with Crippen LogP contribution in [0, 0.1) is 0 Å². The number of nitrogens with one attached hydrogen (secondary N) is 1. The van der Waals surface area contributed by atoms with E-state index in [0.29, 0.717) is 5.96 Å². The molecule has 1 unspecified atom stereocenters. The maximum atomic E-state index is 8.94. The third kappa shape index (κ3) is 1.63. The van der Waals surface area contributed by atoms with Crippen LogP contribution in [-0.4, -0.2) is 41.9 Å². The van der Waals surface area contributed by atoms with E-state index in [0.717, 1.165) is 19.4 Å². The Morgan fingerprint density at radius 3 is 3.09 bits per heavy atom. The number of rotatable bonds is 1. The van der Waals surface area contributed by atoms with Crippen LogP contribution in [0.25, 0.3) is 0 Å². The number of hydrogen-bond donors (Lipinski definition) is 3. The summed E-state index contributed by atoms with van der Waals surface area (Å²) in [4.78, 5) is 0.